The average molecular weight is 286 g/mol. The summed E-state index contributed by atoms with van der Waals surface area (Å²) in [7, 11) is 0. The van der Waals surface area contributed by atoms with E-state index in [1.54, 1.807) is 0 Å². The van der Waals surface area contributed by atoms with Crippen molar-refractivity contribution in [3.8, 4) is 0 Å². The van der Waals surface area contributed by atoms with E-state index in [0.717, 1.165) is 12.5 Å². The van der Waals surface area contributed by atoms with Crippen LogP contribution in [0.2, 0.25) is 0 Å². The monoisotopic (exact) mass is 286 g/mol. The van der Waals surface area contributed by atoms with Crippen molar-refractivity contribution in [2.24, 2.45) is 17.6 Å². The SMILES string of the molecule is CCC1CCC(N)C(CN2CCCCc3ccccc32)C1. The molecule has 116 valence electrons. The molecular formula is C19H30N2. The summed E-state index contributed by atoms with van der Waals surface area (Å²) in [5.41, 5.74) is 9.45. The second-order valence-electron chi connectivity index (χ2n) is 7.04. The van der Waals surface area contributed by atoms with Crippen LogP contribution < -0.4 is 10.6 Å². The smallest absolute Gasteiger partial charge is 0.0398 e. The molecule has 0 saturated heterocycles. The van der Waals surface area contributed by atoms with Crippen LogP contribution in [0, 0.1) is 11.8 Å². The molecular weight excluding hydrogens is 256 g/mol. The van der Waals surface area contributed by atoms with Gasteiger partial charge < -0.3 is 10.6 Å². The number of nitrogens with two attached hydrogens (primary N) is 1. The Labute approximate surface area is 129 Å². The highest BCUT2D eigenvalue weighted by Crippen LogP contribution is 2.33. The van der Waals surface area contributed by atoms with Gasteiger partial charge in [0.2, 0.25) is 0 Å². The standard InChI is InChI=1S/C19H30N2/c1-2-15-10-11-18(20)17(13-15)14-21-12-6-5-8-16-7-3-4-9-19(16)21/h3-4,7,9,15,17-18H,2,5-6,8,10-14,20H2,1H3. The predicted molar refractivity (Wildman–Crippen MR) is 90.7 cm³/mol. The van der Waals surface area contributed by atoms with Gasteiger partial charge in [-0.25, -0.2) is 0 Å². The normalized spacial score (nSPS) is 29.8. The van der Waals surface area contributed by atoms with Crippen LogP contribution in [0.1, 0.15) is 51.0 Å². The summed E-state index contributed by atoms with van der Waals surface area (Å²) < 4.78 is 0. The van der Waals surface area contributed by atoms with Crippen molar-refractivity contribution >= 4 is 5.69 Å². The lowest BCUT2D eigenvalue weighted by atomic mass is 9.77. The van der Waals surface area contributed by atoms with Gasteiger partial charge in [0.05, 0.1) is 0 Å². The molecule has 0 aromatic heterocycles. The molecule has 1 aliphatic carbocycles. The van der Waals surface area contributed by atoms with Crippen molar-refractivity contribution in [3.05, 3.63) is 29.8 Å². The first-order chi connectivity index (χ1) is 10.3. The van der Waals surface area contributed by atoms with Crippen LogP contribution in [0.3, 0.4) is 0 Å². The fourth-order valence-corrected chi connectivity index (χ4v) is 4.21. The van der Waals surface area contributed by atoms with Gasteiger partial charge in [0.15, 0.2) is 0 Å². The van der Waals surface area contributed by atoms with Gasteiger partial charge in [-0.2, -0.15) is 0 Å². The molecule has 2 N–H and O–H groups in total. The van der Waals surface area contributed by atoms with Crippen LogP contribution in [0.15, 0.2) is 24.3 Å². The molecule has 3 atom stereocenters. The zero-order valence-electron chi connectivity index (χ0n) is 13.4. The lowest BCUT2D eigenvalue weighted by molar-refractivity contribution is 0.230. The Balaban J connectivity index is 1.74. The van der Waals surface area contributed by atoms with Crippen LogP contribution >= 0.6 is 0 Å². The first-order valence-electron chi connectivity index (χ1n) is 8.86. The molecule has 0 radical (unpaired) electrons. The van der Waals surface area contributed by atoms with Gasteiger partial charge in [-0.3, -0.25) is 0 Å². The first kappa shape index (κ1) is 14.9. The molecule has 1 aromatic rings. The molecule has 3 rings (SSSR count). The minimum atomic E-state index is 0.406. The minimum Gasteiger partial charge on any atom is -0.371 e. The molecule has 1 heterocycles. The maximum absolute atomic E-state index is 6.45. The van der Waals surface area contributed by atoms with E-state index in [1.165, 1.54) is 62.7 Å². The Kier molecular flexibility index (Phi) is 4.84. The van der Waals surface area contributed by atoms with Crippen molar-refractivity contribution < 1.29 is 0 Å². The van der Waals surface area contributed by atoms with E-state index < -0.39 is 0 Å². The fourth-order valence-electron chi connectivity index (χ4n) is 4.21. The van der Waals surface area contributed by atoms with Crippen molar-refractivity contribution in [3.63, 3.8) is 0 Å². The van der Waals surface area contributed by atoms with Gasteiger partial charge in [0.25, 0.3) is 0 Å². The summed E-state index contributed by atoms with van der Waals surface area (Å²) in [5.74, 6) is 1.58. The summed E-state index contributed by atoms with van der Waals surface area (Å²) in [4.78, 5) is 2.63. The fraction of sp³-hybridized carbons (Fsp3) is 0.684. The highest BCUT2D eigenvalue weighted by Gasteiger charge is 2.29. The molecule has 0 bridgehead atoms. The number of hydrogen-bond donors (Lipinski definition) is 1. The zero-order valence-corrected chi connectivity index (χ0v) is 13.4. The highest BCUT2D eigenvalue weighted by molar-refractivity contribution is 5.54. The number of fused-ring (bicyclic) bond motifs is 1. The largest absolute Gasteiger partial charge is 0.371 e. The third-order valence-electron chi connectivity index (χ3n) is 5.64. The van der Waals surface area contributed by atoms with Gasteiger partial charge in [0.1, 0.15) is 0 Å². The van der Waals surface area contributed by atoms with Gasteiger partial charge in [-0.15, -0.1) is 0 Å². The molecule has 21 heavy (non-hydrogen) atoms. The maximum Gasteiger partial charge on any atom is 0.0398 e. The van der Waals surface area contributed by atoms with E-state index in [1.807, 2.05) is 0 Å². The van der Waals surface area contributed by atoms with Crippen LogP contribution in [0.4, 0.5) is 5.69 Å². The van der Waals surface area contributed by atoms with E-state index in [2.05, 4.69) is 36.1 Å². The summed E-state index contributed by atoms with van der Waals surface area (Å²) >= 11 is 0. The molecule has 2 aliphatic rings. The van der Waals surface area contributed by atoms with Crippen LogP contribution in [0.25, 0.3) is 0 Å². The highest BCUT2D eigenvalue weighted by atomic mass is 15.1. The number of benzene rings is 1. The van der Waals surface area contributed by atoms with E-state index in [-0.39, 0.29) is 0 Å². The van der Waals surface area contributed by atoms with E-state index in [9.17, 15) is 0 Å². The molecule has 1 aromatic carbocycles. The third-order valence-corrected chi connectivity index (χ3v) is 5.64. The maximum atomic E-state index is 6.45. The predicted octanol–water partition coefficient (Wildman–Crippen LogP) is 3.98. The molecule has 1 aliphatic heterocycles. The van der Waals surface area contributed by atoms with Gasteiger partial charge >= 0.3 is 0 Å². The van der Waals surface area contributed by atoms with Crippen LogP contribution in [-0.2, 0) is 6.42 Å². The zero-order chi connectivity index (χ0) is 14.7. The quantitative estimate of drug-likeness (QED) is 0.910. The van der Waals surface area contributed by atoms with Crippen LogP contribution in [-0.4, -0.2) is 19.1 Å². The molecule has 3 unspecified atom stereocenters. The van der Waals surface area contributed by atoms with E-state index in [4.69, 9.17) is 5.73 Å². The number of rotatable bonds is 3. The molecule has 2 nitrogen and oxygen atoms in total. The number of nitrogens with zero attached hydrogens (tertiary/aromatic N) is 1. The minimum absolute atomic E-state index is 0.406. The first-order valence-corrected chi connectivity index (χ1v) is 8.86. The summed E-state index contributed by atoms with van der Waals surface area (Å²) in [5, 5.41) is 0. The van der Waals surface area contributed by atoms with Crippen molar-refractivity contribution in [2.75, 3.05) is 18.0 Å². The Morgan fingerprint density at radius 2 is 2.05 bits per heavy atom. The molecule has 2 heteroatoms. The molecule has 0 amide bonds. The van der Waals surface area contributed by atoms with E-state index in [0.29, 0.717) is 12.0 Å². The second-order valence-corrected chi connectivity index (χ2v) is 7.04. The summed E-state index contributed by atoms with van der Waals surface area (Å²) in [6, 6.07) is 9.40. The van der Waals surface area contributed by atoms with Gasteiger partial charge in [-0.1, -0.05) is 31.5 Å². The topological polar surface area (TPSA) is 29.3 Å². The van der Waals surface area contributed by atoms with Gasteiger partial charge in [-0.05, 0) is 62.0 Å². The number of aryl methyl sites for hydroxylation is 1. The second kappa shape index (κ2) is 6.83. The van der Waals surface area contributed by atoms with Gasteiger partial charge in [0, 0.05) is 24.8 Å². The molecule has 1 saturated carbocycles. The summed E-state index contributed by atoms with van der Waals surface area (Å²) in [6.07, 6.45) is 9.08. The Hall–Kier alpha value is -1.02. The Morgan fingerprint density at radius 1 is 1.19 bits per heavy atom. The number of hydrogen-bond acceptors (Lipinski definition) is 2. The van der Waals surface area contributed by atoms with Crippen molar-refractivity contribution in [1.82, 2.24) is 0 Å². The third kappa shape index (κ3) is 3.42. The molecule has 1 fully saturated rings. The molecule has 0 spiro atoms. The number of para-hydroxylation sites is 1. The Bertz CT molecular complexity index is 457. The lowest BCUT2D eigenvalue weighted by Gasteiger charge is -2.38. The summed E-state index contributed by atoms with van der Waals surface area (Å²) in [6.45, 7) is 4.70. The van der Waals surface area contributed by atoms with Crippen LogP contribution in [0.5, 0.6) is 0 Å². The Morgan fingerprint density at radius 3 is 2.90 bits per heavy atom. The van der Waals surface area contributed by atoms with Crippen molar-refractivity contribution in [2.45, 2.75) is 57.9 Å². The lowest BCUT2D eigenvalue weighted by Crippen LogP contribution is -2.43. The number of anilines is 1. The average Bonchev–Trinajstić information content (AvgIpc) is 2.72. The van der Waals surface area contributed by atoms with Crippen molar-refractivity contribution in [1.29, 1.82) is 0 Å². The van der Waals surface area contributed by atoms with E-state index >= 15 is 0 Å².